The number of fused-ring (bicyclic) bond motifs is 1. The van der Waals surface area contributed by atoms with E-state index in [1.807, 2.05) is 0 Å². The number of aromatic amines is 1. The van der Waals surface area contributed by atoms with Gasteiger partial charge in [0.2, 0.25) is 0 Å². The van der Waals surface area contributed by atoms with Crippen molar-refractivity contribution in [1.29, 1.82) is 0 Å². The van der Waals surface area contributed by atoms with Crippen LogP contribution in [-0.4, -0.2) is 28.0 Å². The molecule has 0 saturated carbocycles. The highest BCUT2D eigenvalue weighted by Crippen LogP contribution is 2.25. The molecule has 0 radical (unpaired) electrons. The number of nitrogens with zero attached hydrogens (tertiary/aromatic N) is 3. The Morgan fingerprint density at radius 3 is 2.81 bits per heavy atom. The van der Waals surface area contributed by atoms with Crippen LogP contribution < -0.4 is 4.90 Å². The molecule has 4 nitrogen and oxygen atoms in total. The Bertz CT molecular complexity index is 497. The van der Waals surface area contributed by atoms with E-state index in [4.69, 9.17) is 0 Å². The van der Waals surface area contributed by atoms with Gasteiger partial charge in [-0.1, -0.05) is 0 Å². The van der Waals surface area contributed by atoms with Crippen molar-refractivity contribution in [3.63, 3.8) is 0 Å². The molecule has 1 aliphatic heterocycles. The third-order valence-corrected chi connectivity index (χ3v) is 3.19. The first-order valence-corrected chi connectivity index (χ1v) is 5.90. The van der Waals surface area contributed by atoms with E-state index in [-0.39, 0.29) is 0 Å². The lowest BCUT2D eigenvalue weighted by molar-refractivity contribution is 0.574. The second-order valence-corrected chi connectivity index (χ2v) is 4.46. The smallest absolute Gasteiger partial charge is 0.143 e. The quantitative estimate of drug-likeness (QED) is 0.795. The fourth-order valence-corrected chi connectivity index (χ4v) is 2.42. The largest absolute Gasteiger partial charge is 0.356 e. The Morgan fingerprint density at radius 1 is 1.19 bits per heavy atom. The van der Waals surface area contributed by atoms with Gasteiger partial charge in [-0.05, 0) is 32.3 Å². The molecule has 84 valence electrons. The number of hydrogen-bond donors (Lipinski definition) is 1. The third kappa shape index (κ3) is 1.54. The molecule has 1 aliphatic rings. The number of nitrogens with one attached hydrogen (secondary N) is 1. The summed E-state index contributed by atoms with van der Waals surface area (Å²) in [5.74, 6) is 1.09. The van der Waals surface area contributed by atoms with Gasteiger partial charge in [-0.3, -0.25) is 0 Å². The molecule has 0 unspecified atom stereocenters. The molecule has 0 spiro atoms. The summed E-state index contributed by atoms with van der Waals surface area (Å²) < 4.78 is 0. The van der Waals surface area contributed by atoms with Gasteiger partial charge in [-0.25, -0.2) is 9.97 Å². The van der Waals surface area contributed by atoms with Crippen LogP contribution in [0.3, 0.4) is 0 Å². The summed E-state index contributed by atoms with van der Waals surface area (Å²) in [6, 6.07) is 2.14. The minimum Gasteiger partial charge on any atom is -0.356 e. The topological polar surface area (TPSA) is 44.8 Å². The zero-order chi connectivity index (χ0) is 11.0. The standard InChI is InChI=1S/C12H16N4/c1-9-7-10-11(15-9)13-8-14-12(10)16-5-3-2-4-6-16/h7-8H,2-6H2,1H3,(H,13,14,15). The average molecular weight is 216 g/mol. The molecule has 0 atom stereocenters. The molecule has 0 aromatic carbocycles. The van der Waals surface area contributed by atoms with Crippen LogP contribution in [0, 0.1) is 6.92 Å². The third-order valence-electron chi connectivity index (χ3n) is 3.19. The van der Waals surface area contributed by atoms with Crippen molar-refractivity contribution in [2.24, 2.45) is 0 Å². The van der Waals surface area contributed by atoms with E-state index in [0.717, 1.165) is 35.6 Å². The summed E-state index contributed by atoms with van der Waals surface area (Å²) in [5, 5.41) is 1.15. The van der Waals surface area contributed by atoms with E-state index in [2.05, 4.69) is 32.8 Å². The summed E-state index contributed by atoms with van der Waals surface area (Å²) in [5.41, 5.74) is 2.10. The summed E-state index contributed by atoms with van der Waals surface area (Å²) in [7, 11) is 0. The van der Waals surface area contributed by atoms with Crippen LogP contribution in [0.4, 0.5) is 5.82 Å². The van der Waals surface area contributed by atoms with Crippen LogP contribution >= 0.6 is 0 Å². The fraction of sp³-hybridized carbons (Fsp3) is 0.500. The van der Waals surface area contributed by atoms with Gasteiger partial charge in [0.15, 0.2) is 0 Å². The molecule has 2 aromatic rings. The van der Waals surface area contributed by atoms with Crippen molar-refractivity contribution >= 4 is 16.9 Å². The SMILES string of the molecule is Cc1cc2c(N3CCCCC3)ncnc2[nH]1. The van der Waals surface area contributed by atoms with Crippen LogP contribution in [0.2, 0.25) is 0 Å². The van der Waals surface area contributed by atoms with Gasteiger partial charge in [0.1, 0.15) is 17.8 Å². The maximum absolute atomic E-state index is 4.44. The predicted molar refractivity (Wildman–Crippen MR) is 64.7 cm³/mol. The van der Waals surface area contributed by atoms with Gasteiger partial charge in [0.25, 0.3) is 0 Å². The molecular weight excluding hydrogens is 200 g/mol. The predicted octanol–water partition coefficient (Wildman–Crippen LogP) is 2.26. The van der Waals surface area contributed by atoms with Gasteiger partial charge in [0.05, 0.1) is 5.39 Å². The van der Waals surface area contributed by atoms with Gasteiger partial charge in [-0.15, -0.1) is 0 Å². The summed E-state index contributed by atoms with van der Waals surface area (Å²) in [4.78, 5) is 14.3. The molecule has 4 heteroatoms. The number of H-pyrrole nitrogens is 1. The minimum atomic E-state index is 0.952. The van der Waals surface area contributed by atoms with E-state index in [1.54, 1.807) is 6.33 Å². The Balaban J connectivity index is 2.07. The molecule has 0 amide bonds. The van der Waals surface area contributed by atoms with Crippen LogP contribution in [0.5, 0.6) is 0 Å². The highest BCUT2D eigenvalue weighted by atomic mass is 15.2. The maximum atomic E-state index is 4.44. The normalized spacial score (nSPS) is 16.9. The molecule has 16 heavy (non-hydrogen) atoms. The average Bonchev–Trinajstić information content (AvgIpc) is 2.70. The van der Waals surface area contributed by atoms with Crippen LogP contribution in [0.1, 0.15) is 25.0 Å². The zero-order valence-corrected chi connectivity index (χ0v) is 9.53. The fourth-order valence-electron chi connectivity index (χ4n) is 2.42. The zero-order valence-electron chi connectivity index (χ0n) is 9.53. The summed E-state index contributed by atoms with van der Waals surface area (Å²) in [6.45, 7) is 4.30. The summed E-state index contributed by atoms with van der Waals surface area (Å²) in [6.07, 6.45) is 5.54. The Kier molecular flexibility index (Phi) is 2.27. The van der Waals surface area contributed by atoms with E-state index in [9.17, 15) is 0 Å². The van der Waals surface area contributed by atoms with Crippen molar-refractivity contribution in [1.82, 2.24) is 15.0 Å². The van der Waals surface area contributed by atoms with Crippen molar-refractivity contribution < 1.29 is 0 Å². The molecule has 1 fully saturated rings. The minimum absolute atomic E-state index is 0.952. The molecule has 2 aromatic heterocycles. The maximum Gasteiger partial charge on any atom is 0.143 e. The Labute approximate surface area is 94.7 Å². The lowest BCUT2D eigenvalue weighted by Gasteiger charge is -2.27. The first-order valence-electron chi connectivity index (χ1n) is 5.90. The van der Waals surface area contributed by atoms with Crippen molar-refractivity contribution in [3.8, 4) is 0 Å². The van der Waals surface area contributed by atoms with E-state index < -0.39 is 0 Å². The van der Waals surface area contributed by atoms with E-state index in [0.29, 0.717) is 0 Å². The highest BCUT2D eigenvalue weighted by Gasteiger charge is 2.15. The molecular formula is C12H16N4. The number of aryl methyl sites for hydroxylation is 1. The summed E-state index contributed by atoms with van der Waals surface area (Å²) >= 11 is 0. The lowest BCUT2D eigenvalue weighted by Crippen LogP contribution is -2.30. The molecule has 1 saturated heterocycles. The van der Waals surface area contributed by atoms with Crippen molar-refractivity contribution in [3.05, 3.63) is 18.1 Å². The number of anilines is 1. The molecule has 1 N–H and O–H groups in total. The van der Waals surface area contributed by atoms with Crippen LogP contribution in [0.15, 0.2) is 12.4 Å². The van der Waals surface area contributed by atoms with Crippen molar-refractivity contribution in [2.75, 3.05) is 18.0 Å². The van der Waals surface area contributed by atoms with Gasteiger partial charge in [0, 0.05) is 18.8 Å². The van der Waals surface area contributed by atoms with Gasteiger partial charge >= 0.3 is 0 Å². The first kappa shape index (κ1) is 9.63. The second kappa shape index (κ2) is 3.77. The number of hydrogen-bond acceptors (Lipinski definition) is 3. The van der Waals surface area contributed by atoms with Gasteiger partial charge < -0.3 is 9.88 Å². The van der Waals surface area contributed by atoms with Crippen molar-refractivity contribution in [2.45, 2.75) is 26.2 Å². The molecule has 3 heterocycles. The molecule has 3 rings (SSSR count). The molecule has 0 bridgehead atoms. The monoisotopic (exact) mass is 216 g/mol. The lowest BCUT2D eigenvalue weighted by atomic mass is 10.1. The highest BCUT2D eigenvalue weighted by molar-refractivity contribution is 5.88. The number of aromatic nitrogens is 3. The Morgan fingerprint density at radius 2 is 2.00 bits per heavy atom. The van der Waals surface area contributed by atoms with E-state index in [1.165, 1.54) is 19.3 Å². The second-order valence-electron chi connectivity index (χ2n) is 4.46. The van der Waals surface area contributed by atoms with E-state index >= 15 is 0 Å². The number of piperidine rings is 1. The van der Waals surface area contributed by atoms with Gasteiger partial charge in [-0.2, -0.15) is 0 Å². The molecule has 0 aliphatic carbocycles. The number of rotatable bonds is 1. The van der Waals surface area contributed by atoms with Crippen LogP contribution in [0.25, 0.3) is 11.0 Å². The first-order chi connectivity index (χ1) is 7.84. The Hall–Kier alpha value is -1.58. The van der Waals surface area contributed by atoms with Crippen LogP contribution in [-0.2, 0) is 0 Å².